The van der Waals surface area contributed by atoms with E-state index in [0.29, 0.717) is 17.7 Å². The Labute approximate surface area is 485 Å². The maximum Gasteiger partial charge on any atom is 0.240 e. The molecule has 3 aliphatic rings. The summed E-state index contributed by atoms with van der Waals surface area (Å²) in [5.74, 6) is 1.70. The van der Waals surface area contributed by atoms with Gasteiger partial charge in [0, 0.05) is 55.4 Å². The van der Waals surface area contributed by atoms with Crippen LogP contribution in [-0.2, 0) is 0 Å². The minimum absolute atomic E-state index is 0.0437. The first kappa shape index (κ1) is 47.0. The predicted octanol–water partition coefficient (Wildman–Crippen LogP) is 15.2. The molecule has 16 aromatic rings. The lowest BCUT2D eigenvalue weighted by Gasteiger charge is -2.43. The third kappa shape index (κ3) is 6.52. The smallest absolute Gasteiger partial charge is 0.240 e. The molecule has 4 heterocycles. The van der Waals surface area contributed by atoms with Crippen LogP contribution in [0.1, 0.15) is 45.2 Å². The minimum atomic E-state index is -2.95. The summed E-state index contributed by atoms with van der Waals surface area (Å²) in [7, 11) is -2.95. The van der Waals surface area contributed by atoms with Crippen LogP contribution in [0.15, 0.2) is 291 Å². The fourth-order valence-corrected chi connectivity index (χ4v) is 20.0. The first-order valence-electron chi connectivity index (χ1n) is 29.0. The molecule has 0 N–H and O–H groups in total. The van der Waals surface area contributed by atoms with Gasteiger partial charge in [-0.25, -0.2) is 0 Å². The number of nitrogens with zero attached hydrogens (tertiary/aromatic N) is 6. The Kier molecular flexibility index (Phi) is 10.1. The monoisotopic (exact) mass is 1090 g/mol. The van der Waals surface area contributed by atoms with Gasteiger partial charge in [0.15, 0.2) is 13.9 Å². The van der Waals surface area contributed by atoms with Crippen LogP contribution < -0.4 is 20.7 Å². The molecule has 2 atom stereocenters. The molecule has 12 aromatic carbocycles. The summed E-state index contributed by atoms with van der Waals surface area (Å²) in [5.41, 5.74) is 16.9. The number of fused-ring (bicyclic) bond motifs is 9. The van der Waals surface area contributed by atoms with Crippen LogP contribution in [0.25, 0.3) is 94.4 Å². The van der Waals surface area contributed by atoms with E-state index in [-0.39, 0.29) is 11.8 Å². The molecule has 6 nitrogen and oxygen atoms in total. The number of rotatable bonds is 8. The van der Waals surface area contributed by atoms with Crippen LogP contribution in [0, 0.1) is 0 Å². The van der Waals surface area contributed by atoms with Gasteiger partial charge in [-0.2, -0.15) is 15.0 Å². The Morgan fingerprint density at radius 1 is 0.274 bits per heavy atom. The molecule has 4 aromatic heterocycles. The average molecular weight is 1090 g/mol. The largest absolute Gasteiger partial charge is 0.309 e. The van der Waals surface area contributed by atoms with Gasteiger partial charge < -0.3 is 4.57 Å². The van der Waals surface area contributed by atoms with Crippen LogP contribution in [0.4, 0.5) is 0 Å². The van der Waals surface area contributed by atoms with E-state index in [1.807, 2.05) is 0 Å². The maximum atomic E-state index is 5.74. The maximum absolute atomic E-state index is 5.74. The van der Waals surface area contributed by atoms with E-state index in [1.54, 1.807) is 0 Å². The van der Waals surface area contributed by atoms with Crippen molar-refractivity contribution in [3.8, 4) is 29.0 Å². The Bertz CT molecular complexity index is 5190. The molecule has 0 radical (unpaired) electrons. The van der Waals surface area contributed by atoms with Crippen LogP contribution in [0.5, 0.6) is 0 Å². The third-order valence-corrected chi connectivity index (χ3v) is 23.2. The summed E-state index contributed by atoms with van der Waals surface area (Å²) >= 11 is 0. The lowest BCUT2D eigenvalue weighted by Crippen LogP contribution is -2.74. The molecular formula is C77H50N6Si. The minimum Gasteiger partial charge on any atom is -0.309 e. The fourth-order valence-electron chi connectivity index (χ4n) is 15.2. The van der Waals surface area contributed by atoms with Crippen LogP contribution in [0.2, 0.25) is 0 Å². The average Bonchev–Trinajstić information content (AvgIpc) is 1.93. The quantitative estimate of drug-likeness (QED) is 0.113. The summed E-state index contributed by atoms with van der Waals surface area (Å²) in [5, 5.41) is 12.4. The van der Waals surface area contributed by atoms with Gasteiger partial charge in [-0.3, -0.25) is 9.13 Å². The van der Waals surface area contributed by atoms with Gasteiger partial charge in [0.05, 0.1) is 33.1 Å². The molecule has 84 heavy (non-hydrogen) atoms. The van der Waals surface area contributed by atoms with Gasteiger partial charge >= 0.3 is 0 Å². The van der Waals surface area contributed by atoms with Crippen molar-refractivity contribution in [1.82, 2.24) is 28.7 Å². The van der Waals surface area contributed by atoms with E-state index in [2.05, 4.69) is 305 Å². The SMILES string of the molecule is c1ccc(-n2c3ccccc3c3c4c(ccc32)C2c3ccccc3C4c3c2ccc2c3c3ccccc3n2-c2nc(-c3cccc([Si](c4ccccc4)(c4ccccc4)c4ccccc4)c3)nc(-n3c4ccccc4c4ccccc43)n2)cc1. The molecular weight excluding hydrogens is 1040 g/mol. The van der Waals surface area contributed by atoms with Gasteiger partial charge in [0.25, 0.3) is 0 Å². The van der Waals surface area contributed by atoms with Crippen molar-refractivity contribution < 1.29 is 0 Å². The molecule has 2 unspecified atom stereocenters. The lowest BCUT2D eigenvalue weighted by molar-refractivity contribution is 0.768. The van der Waals surface area contributed by atoms with E-state index < -0.39 is 8.07 Å². The molecule has 3 aliphatic carbocycles. The van der Waals surface area contributed by atoms with Crippen molar-refractivity contribution in [2.24, 2.45) is 0 Å². The van der Waals surface area contributed by atoms with Crippen LogP contribution in [0.3, 0.4) is 0 Å². The number of hydrogen-bond acceptors (Lipinski definition) is 3. The highest BCUT2D eigenvalue weighted by Gasteiger charge is 2.45. The van der Waals surface area contributed by atoms with Gasteiger partial charge in [-0.1, -0.05) is 243 Å². The zero-order valence-corrected chi connectivity index (χ0v) is 46.6. The molecule has 0 amide bonds. The van der Waals surface area contributed by atoms with Crippen molar-refractivity contribution in [3.05, 3.63) is 325 Å². The Hall–Kier alpha value is -10.7. The topological polar surface area (TPSA) is 53.5 Å². The Morgan fingerprint density at radius 2 is 0.667 bits per heavy atom. The van der Waals surface area contributed by atoms with Gasteiger partial charge in [0.2, 0.25) is 11.9 Å². The highest BCUT2D eigenvalue weighted by atomic mass is 28.3. The number of benzene rings is 12. The van der Waals surface area contributed by atoms with Gasteiger partial charge in [-0.05, 0) is 103 Å². The molecule has 0 spiro atoms. The van der Waals surface area contributed by atoms with E-state index in [0.717, 1.165) is 44.1 Å². The predicted molar refractivity (Wildman–Crippen MR) is 347 cm³/mol. The van der Waals surface area contributed by atoms with Crippen LogP contribution in [-0.4, -0.2) is 36.7 Å². The highest BCUT2D eigenvalue weighted by molar-refractivity contribution is 7.19. The summed E-state index contributed by atoms with van der Waals surface area (Å²) in [6, 6.07) is 107. The molecule has 19 rings (SSSR count). The fraction of sp³-hybridized carbons (Fsp3) is 0.0260. The van der Waals surface area contributed by atoms with E-state index in [4.69, 9.17) is 15.0 Å². The molecule has 7 heteroatoms. The van der Waals surface area contributed by atoms with Crippen molar-refractivity contribution in [3.63, 3.8) is 0 Å². The van der Waals surface area contributed by atoms with E-state index >= 15 is 0 Å². The van der Waals surface area contributed by atoms with Crippen LogP contribution >= 0.6 is 0 Å². The number of hydrogen-bond donors (Lipinski definition) is 0. The molecule has 0 saturated carbocycles. The summed E-state index contributed by atoms with van der Waals surface area (Å²) in [6.07, 6.45) is 0. The zero-order chi connectivity index (χ0) is 55.0. The third-order valence-electron chi connectivity index (χ3n) is 18.4. The second-order valence-corrected chi connectivity index (χ2v) is 26.3. The van der Waals surface area contributed by atoms with E-state index in [9.17, 15) is 0 Å². The Morgan fingerprint density at radius 3 is 1.19 bits per heavy atom. The van der Waals surface area contributed by atoms with Crippen molar-refractivity contribution in [1.29, 1.82) is 0 Å². The second kappa shape index (κ2) is 18.1. The lowest BCUT2D eigenvalue weighted by atomic mass is 9.59. The first-order chi connectivity index (χ1) is 41.7. The normalized spacial score (nSPS) is 14.4. The van der Waals surface area contributed by atoms with Crippen molar-refractivity contribution >= 4 is 94.2 Å². The summed E-state index contributed by atoms with van der Waals surface area (Å²) in [6.45, 7) is 0. The van der Waals surface area contributed by atoms with E-state index in [1.165, 1.54) is 86.7 Å². The molecule has 2 bridgehead atoms. The Balaban J connectivity index is 0.919. The zero-order valence-electron chi connectivity index (χ0n) is 45.6. The molecule has 0 aliphatic heterocycles. The number of aromatic nitrogens is 6. The van der Waals surface area contributed by atoms with Gasteiger partial charge in [0.1, 0.15) is 0 Å². The number of para-hydroxylation sites is 5. The standard InChI is InChI=1S/C77H50N6Si/c1-5-25-50(26-6-1)81-65-42-21-17-38-59(65)70-67(81)46-44-61-69-57-36-13-14-37-58(57)72(73(61)70)74-62(69)45-47-68-71(74)60-39-18-22-43-66(60)83(68)77-79-75(78-76(80-77)82-63-40-19-15-34-55(63)56-35-16-20-41-64(56)82)49-24-23-33-54(48-49)84(51-27-7-2-8-28-51,52-29-9-3-10-30-52)53-31-11-4-12-32-53/h1-48,69,72H. The summed E-state index contributed by atoms with van der Waals surface area (Å²) < 4.78 is 7.02. The molecule has 0 saturated heterocycles. The van der Waals surface area contributed by atoms with Crippen molar-refractivity contribution in [2.45, 2.75) is 11.8 Å². The highest BCUT2D eigenvalue weighted by Crippen LogP contribution is 2.60. The first-order valence-corrected chi connectivity index (χ1v) is 31.0. The van der Waals surface area contributed by atoms with Gasteiger partial charge in [-0.15, -0.1) is 0 Å². The molecule has 0 fully saturated rings. The second-order valence-electron chi connectivity index (χ2n) is 22.5. The van der Waals surface area contributed by atoms with Crippen molar-refractivity contribution in [2.75, 3.05) is 0 Å². The summed E-state index contributed by atoms with van der Waals surface area (Å²) in [4.78, 5) is 17.1. The molecule has 392 valence electrons.